The van der Waals surface area contributed by atoms with Crippen LogP contribution in [0.1, 0.15) is 29.8 Å². The second-order valence-electron chi connectivity index (χ2n) is 7.52. The summed E-state index contributed by atoms with van der Waals surface area (Å²) in [5.41, 5.74) is 0.543. The number of hydrogen-bond acceptors (Lipinski definition) is 5. The topological polar surface area (TPSA) is 93.4 Å². The van der Waals surface area contributed by atoms with Gasteiger partial charge in [-0.3, -0.25) is 0 Å². The molecule has 1 saturated heterocycles. The fourth-order valence-corrected chi connectivity index (χ4v) is 3.99. The molecule has 11 heteroatoms. The smallest absolute Gasteiger partial charge is 0.465 e. The average Bonchev–Trinajstić information content (AvgIpc) is 3.24. The molecule has 3 aromatic rings. The van der Waals surface area contributed by atoms with Crippen molar-refractivity contribution in [3.8, 4) is 5.75 Å². The number of piperidine rings is 1. The van der Waals surface area contributed by atoms with Gasteiger partial charge in [-0.05, 0) is 29.7 Å². The molecule has 0 spiro atoms. The lowest BCUT2D eigenvalue weighted by Crippen LogP contribution is -2.45. The fourth-order valence-electron chi connectivity index (χ4n) is 3.99. The van der Waals surface area contributed by atoms with Gasteiger partial charge in [-0.1, -0.05) is 48.5 Å². The molecule has 168 valence electrons. The standard InChI is InChI=1S/C21H20F3N5O3/c22-21(23,24)32-17-9-5-4-6-15(17)14-29-26-18(25-27-29)20(16-7-2-1-3-8-16)10-12-28(13-11-20)19(30)31/h1-9H,10-14H2,(H,30,31). The van der Waals surface area contributed by atoms with Crippen molar-refractivity contribution in [2.45, 2.75) is 31.2 Å². The number of ether oxygens (including phenoxy) is 1. The van der Waals surface area contributed by atoms with Gasteiger partial charge >= 0.3 is 12.5 Å². The normalized spacial score (nSPS) is 16.0. The van der Waals surface area contributed by atoms with Gasteiger partial charge in [-0.15, -0.1) is 23.4 Å². The summed E-state index contributed by atoms with van der Waals surface area (Å²) in [6.45, 7) is 0.549. The molecule has 1 aliphatic heterocycles. The van der Waals surface area contributed by atoms with Crippen molar-refractivity contribution in [2.24, 2.45) is 0 Å². The molecule has 0 unspecified atom stereocenters. The van der Waals surface area contributed by atoms with Crippen molar-refractivity contribution < 1.29 is 27.8 Å². The highest BCUT2D eigenvalue weighted by Crippen LogP contribution is 2.40. The molecule has 1 N–H and O–H groups in total. The zero-order valence-corrected chi connectivity index (χ0v) is 16.9. The van der Waals surface area contributed by atoms with E-state index in [9.17, 15) is 23.1 Å². The third-order valence-electron chi connectivity index (χ3n) is 5.60. The van der Waals surface area contributed by atoms with E-state index < -0.39 is 17.9 Å². The summed E-state index contributed by atoms with van der Waals surface area (Å²) in [6.07, 6.45) is -4.87. The van der Waals surface area contributed by atoms with Crippen LogP contribution in [0, 0.1) is 0 Å². The molecule has 32 heavy (non-hydrogen) atoms. The Morgan fingerprint density at radius 1 is 1.06 bits per heavy atom. The molecule has 0 bridgehead atoms. The van der Waals surface area contributed by atoms with Crippen LogP contribution in [0.15, 0.2) is 54.6 Å². The highest BCUT2D eigenvalue weighted by Gasteiger charge is 2.42. The van der Waals surface area contributed by atoms with E-state index in [1.165, 1.54) is 27.9 Å². The molecular formula is C21H20F3N5O3. The highest BCUT2D eigenvalue weighted by molar-refractivity contribution is 5.65. The number of tetrazole rings is 1. The Hall–Kier alpha value is -3.63. The number of rotatable bonds is 5. The van der Waals surface area contributed by atoms with Crippen LogP contribution in [0.4, 0.5) is 18.0 Å². The summed E-state index contributed by atoms with van der Waals surface area (Å²) in [6, 6.07) is 15.3. The van der Waals surface area contributed by atoms with E-state index in [0.29, 0.717) is 31.8 Å². The summed E-state index contributed by atoms with van der Waals surface area (Å²) in [5, 5.41) is 22.1. The number of aromatic nitrogens is 4. The van der Waals surface area contributed by atoms with E-state index in [1.807, 2.05) is 30.3 Å². The van der Waals surface area contributed by atoms with Crippen LogP contribution in [0.3, 0.4) is 0 Å². The number of hydrogen-bond donors (Lipinski definition) is 1. The van der Waals surface area contributed by atoms with Gasteiger partial charge in [0.2, 0.25) is 0 Å². The van der Waals surface area contributed by atoms with Gasteiger partial charge in [0, 0.05) is 18.7 Å². The number of carboxylic acid groups (broad SMARTS) is 1. The van der Waals surface area contributed by atoms with Crippen LogP contribution in [-0.4, -0.2) is 55.8 Å². The molecule has 2 heterocycles. The van der Waals surface area contributed by atoms with Crippen LogP contribution < -0.4 is 4.74 Å². The molecule has 1 aliphatic rings. The molecule has 0 saturated carbocycles. The predicted octanol–water partition coefficient (Wildman–Crippen LogP) is 3.68. The number of halogens is 3. The highest BCUT2D eigenvalue weighted by atomic mass is 19.4. The number of carbonyl (C=O) groups is 1. The maximum absolute atomic E-state index is 12.7. The lowest BCUT2D eigenvalue weighted by atomic mass is 9.72. The lowest BCUT2D eigenvalue weighted by molar-refractivity contribution is -0.274. The maximum Gasteiger partial charge on any atom is 0.573 e. The lowest BCUT2D eigenvalue weighted by Gasteiger charge is -2.39. The Labute approximate surface area is 181 Å². The molecular weight excluding hydrogens is 427 g/mol. The fraction of sp³-hybridized carbons (Fsp3) is 0.333. The maximum atomic E-state index is 12.7. The van der Waals surface area contributed by atoms with Crippen molar-refractivity contribution >= 4 is 6.09 Å². The third kappa shape index (κ3) is 4.51. The number of likely N-dealkylation sites (tertiary alicyclic amines) is 1. The Balaban J connectivity index is 1.63. The van der Waals surface area contributed by atoms with Crippen molar-refractivity contribution in [3.63, 3.8) is 0 Å². The number of para-hydroxylation sites is 1. The second kappa shape index (κ2) is 8.48. The number of nitrogens with zero attached hydrogens (tertiary/aromatic N) is 5. The average molecular weight is 447 g/mol. The van der Waals surface area contributed by atoms with Gasteiger partial charge in [0.25, 0.3) is 0 Å². The van der Waals surface area contributed by atoms with Crippen molar-refractivity contribution in [2.75, 3.05) is 13.1 Å². The van der Waals surface area contributed by atoms with E-state index in [4.69, 9.17) is 0 Å². The number of amides is 1. The van der Waals surface area contributed by atoms with Gasteiger partial charge in [-0.2, -0.15) is 4.80 Å². The minimum absolute atomic E-state index is 0.0641. The number of alkyl halides is 3. The zero-order valence-electron chi connectivity index (χ0n) is 16.9. The van der Waals surface area contributed by atoms with E-state index in [1.54, 1.807) is 6.07 Å². The van der Waals surface area contributed by atoms with Crippen LogP contribution in [0.25, 0.3) is 0 Å². The van der Waals surface area contributed by atoms with E-state index >= 15 is 0 Å². The first-order valence-electron chi connectivity index (χ1n) is 9.92. The molecule has 0 aliphatic carbocycles. The molecule has 8 nitrogen and oxygen atoms in total. The molecule has 1 amide bonds. The number of benzene rings is 2. The minimum atomic E-state index is -4.81. The van der Waals surface area contributed by atoms with Crippen LogP contribution >= 0.6 is 0 Å². The first kappa shape index (κ1) is 21.6. The SMILES string of the molecule is O=C(O)N1CCC(c2ccccc2)(c2nnn(Cc3ccccc3OC(F)(F)F)n2)CC1. The van der Waals surface area contributed by atoms with E-state index in [-0.39, 0.29) is 17.9 Å². The summed E-state index contributed by atoms with van der Waals surface area (Å²) < 4.78 is 42.2. The molecule has 1 fully saturated rings. The second-order valence-corrected chi connectivity index (χ2v) is 7.52. The Bertz CT molecular complexity index is 1080. The van der Waals surface area contributed by atoms with Crippen molar-refractivity contribution in [3.05, 3.63) is 71.5 Å². The van der Waals surface area contributed by atoms with Gasteiger partial charge < -0.3 is 14.7 Å². The molecule has 2 aromatic carbocycles. The molecule has 4 rings (SSSR count). The first-order chi connectivity index (χ1) is 15.3. The minimum Gasteiger partial charge on any atom is -0.465 e. The zero-order chi connectivity index (χ0) is 22.8. The predicted molar refractivity (Wildman–Crippen MR) is 106 cm³/mol. The third-order valence-corrected chi connectivity index (χ3v) is 5.60. The Kier molecular flexibility index (Phi) is 5.72. The molecule has 0 radical (unpaired) electrons. The summed E-state index contributed by atoms with van der Waals surface area (Å²) in [5.74, 6) is 0.0781. The Morgan fingerprint density at radius 3 is 2.38 bits per heavy atom. The first-order valence-corrected chi connectivity index (χ1v) is 9.92. The quantitative estimate of drug-likeness (QED) is 0.642. The molecule has 0 atom stereocenters. The van der Waals surface area contributed by atoms with Crippen LogP contribution in [0.5, 0.6) is 5.75 Å². The van der Waals surface area contributed by atoms with Gasteiger partial charge in [-0.25, -0.2) is 4.79 Å². The van der Waals surface area contributed by atoms with Gasteiger partial charge in [0.15, 0.2) is 5.82 Å². The summed E-state index contributed by atoms with van der Waals surface area (Å²) >= 11 is 0. The van der Waals surface area contributed by atoms with Gasteiger partial charge in [0.1, 0.15) is 5.75 Å². The summed E-state index contributed by atoms with van der Waals surface area (Å²) in [7, 11) is 0. The van der Waals surface area contributed by atoms with Crippen molar-refractivity contribution in [1.82, 2.24) is 25.1 Å². The van der Waals surface area contributed by atoms with Crippen molar-refractivity contribution in [1.29, 1.82) is 0 Å². The van der Waals surface area contributed by atoms with E-state index in [0.717, 1.165) is 5.56 Å². The van der Waals surface area contributed by atoms with Crippen LogP contribution in [-0.2, 0) is 12.0 Å². The monoisotopic (exact) mass is 447 g/mol. The van der Waals surface area contributed by atoms with E-state index in [2.05, 4.69) is 20.1 Å². The van der Waals surface area contributed by atoms with Gasteiger partial charge in [0.05, 0.1) is 12.0 Å². The summed E-state index contributed by atoms with van der Waals surface area (Å²) in [4.78, 5) is 13.9. The molecule has 1 aromatic heterocycles. The van der Waals surface area contributed by atoms with Crippen LogP contribution in [0.2, 0.25) is 0 Å². The Morgan fingerprint density at radius 2 is 1.72 bits per heavy atom. The largest absolute Gasteiger partial charge is 0.573 e.